The van der Waals surface area contributed by atoms with Gasteiger partial charge in [-0.05, 0) is 24.6 Å². The second-order valence-electron chi connectivity index (χ2n) is 3.94. The van der Waals surface area contributed by atoms with E-state index in [-0.39, 0.29) is 19.0 Å². The van der Waals surface area contributed by atoms with Crippen LogP contribution in [0.3, 0.4) is 0 Å². The molecule has 126 valence electrons. The molecule has 1 aromatic carbocycles. The quantitative estimate of drug-likeness (QED) is 0.655. The van der Waals surface area contributed by atoms with Crippen molar-refractivity contribution in [1.29, 1.82) is 0 Å². The molecule has 0 aliphatic heterocycles. The number of rotatable bonds is 5. The van der Waals surface area contributed by atoms with Crippen molar-refractivity contribution in [3.8, 4) is 5.75 Å². The van der Waals surface area contributed by atoms with E-state index in [0.717, 1.165) is 18.2 Å². The Kier molecular flexibility index (Phi) is 7.04. The first kappa shape index (κ1) is 20.4. The molecule has 1 aromatic rings. The third-order valence-corrected chi connectivity index (χ3v) is 2.39. The smallest absolute Gasteiger partial charge is 0.462 e. The van der Waals surface area contributed by atoms with Crippen molar-refractivity contribution in [2.45, 2.75) is 25.3 Å². The standard InChI is InChI=1S/C12H12F5NO3.ClH/c1-2-20-10(19)11(13,14)9(18)7-4-3-5-8(6-7)21-12(15,16)17;/h3-6,9H,2,18H2,1H3;1H/t9-;/m0./s1. The molecule has 0 amide bonds. The molecule has 0 heterocycles. The van der Waals surface area contributed by atoms with Crippen LogP contribution in [-0.4, -0.2) is 24.9 Å². The molecule has 0 aliphatic rings. The van der Waals surface area contributed by atoms with Crippen LogP contribution in [0.4, 0.5) is 22.0 Å². The van der Waals surface area contributed by atoms with E-state index in [4.69, 9.17) is 5.73 Å². The maximum atomic E-state index is 13.7. The highest BCUT2D eigenvalue weighted by Crippen LogP contribution is 2.33. The normalized spacial score (nSPS) is 13.0. The van der Waals surface area contributed by atoms with Gasteiger partial charge in [0.05, 0.1) is 6.61 Å². The van der Waals surface area contributed by atoms with Gasteiger partial charge in [-0.25, -0.2) is 4.79 Å². The molecule has 10 heteroatoms. The number of alkyl halides is 5. The summed E-state index contributed by atoms with van der Waals surface area (Å²) in [5.41, 5.74) is 4.86. The fourth-order valence-electron chi connectivity index (χ4n) is 1.47. The molecule has 22 heavy (non-hydrogen) atoms. The zero-order valence-corrected chi connectivity index (χ0v) is 12.0. The summed E-state index contributed by atoms with van der Waals surface area (Å²) in [6.45, 7) is 1.05. The van der Waals surface area contributed by atoms with Gasteiger partial charge in [-0.3, -0.25) is 0 Å². The molecular formula is C12H13ClF5NO3. The predicted octanol–water partition coefficient (Wildman–Crippen LogP) is 3.21. The zero-order valence-electron chi connectivity index (χ0n) is 11.2. The van der Waals surface area contributed by atoms with Crippen molar-refractivity contribution in [3.05, 3.63) is 29.8 Å². The van der Waals surface area contributed by atoms with E-state index in [2.05, 4.69) is 9.47 Å². The van der Waals surface area contributed by atoms with E-state index >= 15 is 0 Å². The lowest BCUT2D eigenvalue weighted by Crippen LogP contribution is -2.41. The molecule has 0 spiro atoms. The first-order valence-corrected chi connectivity index (χ1v) is 5.74. The lowest BCUT2D eigenvalue weighted by Gasteiger charge is -2.22. The third kappa shape index (κ3) is 5.30. The fourth-order valence-corrected chi connectivity index (χ4v) is 1.47. The Morgan fingerprint density at radius 1 is 1.27 bits per heavy atom. The number of carbonyl (C=O) groups excluding carboxylic acids is 1. The summed E-state index contributed by atoms with van der Waals surface area (Å²) >= 11 is 0. The average Bonchev–Trinajstić information content (AvgIpc) is 2.36. The summed E-state index contributed by atoms with van der Waals surface area (Å²) < 4.78 is 71.3. The molecular weight excluding hydrogens is 337 g/mol. The van der Waals surface area contributed by atoms with Crippen LogP contribution in [0.2, 0.25) is 0 Å². The topological polar surface area (TPSA) is 61.5 Å². The molecule has 4 nitrogen and oxygen atoms in total. The van der Waals surface area contributed by atoms with Crippen LogP contribution in [0.25, 0.3) is 0 Å². The van der Waals surface area contributed by atoms with Crippen LogP contribution in [0.5, 0.6) is 5.75 Å². The van der Waals surface area contributed by atoms with E-state index in [1.165, 1.54) is 6.92 Å². The van der Waals surface area contributed by atoms with Gasteiger partial charge >= 0.3 is 18.3 Å². The highest BCUT2D eigenvalue weighted by molar-refractivity contribution is 5.85. The van der Waals surface area contributed by atoms with Gasteiger partial charge in [0.25, 0.3) is 0 Å². The van der Waals surface area contributed by atoms with Crippen LogP contribution in [0, 0.1) is 0 Å². The van der Waals surface area contributed by atoms with Gasteiger partial charge < -0.3 is 15.2 Å². The van der Waals surface area contributed by atoms with E-state index < -0.39 is 35.6 Å². The number of halogens is 6. The van der Waals surface area contributed by atoms with Crippen LogP contribution in [-0.2, 0) is 9.53 Å². The number of benzene rings is 1. The maximum Gasteiger partial charge on any atom is 0.573 e. The van der Waals surface area contributed by atoms with Crippen molar-refractivity contribution in [2.75, 3.05) is 6.61 Å². The molecule has 1 atom stereocenters. The molecule has 1 rings (SSSR count). The van der Waals surface area contributed by atoms with Gasteiger partial charge in [-0.2, -0.15) is 8.78 Å². The third-order valence-electron chi connectivity index (χ3n) is 2.39. The van der Waals surface area contributed by atoms with Crippen LogP contribution in [0.15, 0.2) is 24.3 Å². The molecule has 2 N–H and O–H groups in total. The van der Waals surface area contributed by atoms with Crippen LogP contribution < -0.4 is 10.5 Å². The number of hydrogen-bond acceptors (Lipinski definition) is 4. The molecule has 0 saturated carbocycles. The SMILES string of the molecule is CCOC(=O)C(F)(F)[C@@H](N)c1cccc(OC(F)(F)F)c1.Cl. The molecule has 0 aromatic heterocycles. The van der Waals surface area contributed by atoms with Crippen LogP contribution >= 0.6 is 12.4 Å². The van der Waals surface area contributed by atoms with Gasteiger partial charge in [0.1, 0.15) is 11.8 Å². The summed E-state index contributed by atoms with van der Waals surface area (Å²) in [6, 6.07) is 1.56. The number of carbonyl (C=O) groups is 1. The number of ether oxygens (including phenoxy) is 2. The summed E-state index contributed by atoms with van der Waals surface area (Å²) in [6.07, 6.45) is -4.97. The van der Waals surface area contributed by atoms with Gasteiger partial charge in [-0.1, -0.05) is 12.1 Å². The second kappa shape index (κ2) is 7.59. The first-order chi connectivity index (χ1) is 9.58. The van der Waals surface area contributed by atoms with Gasteiger partial charge in [0.15, 0.2) is 0 Å². The Balaban J connectivity index is 0.00000441. The lowest BCUT2D eigenvalue weighted by molar-refractivity contribution is -0.274. The minimum atomic E-state index is -4.97. The number of hydrogen-bond donors (Lipinski definition) is 1. The van der Waals surface area contributed by atoms with E-state index in [1.807, 2.05) is 0 Å². The van der Waals surface area contributed by atoms with Crippen molar-refractivity contribution in [2.24, 2.45) is 5.73 Å². The Labute approximate surface area is 128 Å². The molecule has 0 aliphatic carbocycles. The summed E-state index contributed by atoms with van der Waals surface area (Å²) in [7, 11) is 0. The van der Waals surface area contributed by atoms with Crippen molar-refractivity contribution >= 4 is 18.4 Å². The van der Waals surface area contributed by atoms with Gasteiger partial charge in [-0.15, -0.1) is 25.6 Å². The zero-order chi connectivity index (χ0) is 16.3. The van der Waals surface area contributed by atoms with Crippen molar-refractivity contribution < 1.29 is 36.2 Å². The number of esters is 1. The minimum Gasteiger partial charge on any atom is -0.462 e. The summed E-state index contributed by atoms with van der Waals surface area (Å²) in [4.78, 5) is 11.1. The molecule has 0 fully saturated rings. The van der Waals surface area contributed by atoms with E-state index in [1.54, 1.807) is 0 Å². The molecule has 0 bridgehead atoms. The van der Waals surface area contributed by atoms with Gasteiger partial charge in [0, 0.05) is 0 Å². The van der Waals surface area contributed by atoms with E-state index in [0.29, 0.717) is 6.07 Å². The maximum absolute atomic E-state index is 13.7. The summed E-state index contributed by atoms with van der Waals surface area (Å²) in [5, 5.41) is 0. The van der Waals surface area contributed by atoms with E-state index in [9.17, 15) is 26.7 Å². The molecule has 0 radical (unpaired) electrons. The Morgan fingerprint density at radius 2 is 1.86 bits per heavy atom. The second-order valence-corrected chi connectivity index (χ2v) is 3.94. The predicted molar refractivity (Wildman–Crippen MR) is 68.9 cm³/mol. The Morgan fingerprint density at radius 3 is 2.36 bits per heavy atom. The minimum absolute atomic E-state index is 0. The molecule has 0 unspecified atom stereocenters. The summed E-state index contributed by atoms with van der Waals surface area (Å²) in [5.74, 6) is -6.64. The fraction of sp³-hybridized carbons (Fsp3) is 0.417. The lowest BCUT2D eigenvalue weighted by atomic mass is 10.0. The van der Waals surface area contributed by atoms with Crippen LogP contribution in [0.1, 0.15) is 18.5 Å². The Bertz CT molecular complexity index is 510. The Hall–Kier alpha value is -1.61. The largest absolute Gasteiger partial charge is 0.573 e. The monoisotopic (exact) mass is 349 g/mol. The van der Waals surface area contributed by atoms with Crippen molar-refractivity contribution in [1.82, 2.24) is 0 Å². The van der Waals surface area contributed by atoms with Crippen molar-refractivity contribution in [3.63, 3.8) is 0 Å². The number of nitrogens with two attached hydrogens (primary N) is 1. The van der Waals surface area contributed by atoms with Gasteiger partial charge in [0.2, 0.25) is 0 Å². The first-order valence-electron chi connectivity index (χ1n) is 5.74. The molecule has 0 saturated heterocycles. The highest BCUT2D eigenvalue weighted by atomic mass is 35.5. The average molecular weight is 350 g/mol. The highest BCUT2D eigenvalue weighted by Gasteiger charge is 2.48.